The summed E-state index contributed by atoms with van der Waals surface area (Å²) >= 11 is 0. The van der Waals surface area contributed by atoms with Gasteiger partial charge in [-0.1, -0.05) is 24.3 Å². The van der Waals surface area contributed by atoms with E-state index in [2.05, 4.69) is 0 Å². The summed E-state index contributed by atoms with van der Waals surface area (Å²) in [6.07, 6.45) is 1.31. The summed E-state index contributed by atoms with van der Waals surface area (Å²) in [5, 5.41) is 18.9. The molecule has 2 N–H and O–H groups in total. The average Bonchev–Trinajstić information content (AvgIpc) is 3.02. The molecule has 1 unspecified atom stereocenters. The predicted molar refractivity (Wildman–Crippen MR) is 88.6 cm³/mol. The number of aryl methyl sites for hydroxylation is 1. The van der Waals surface area contributed by atoms with Crippen LogP contribution in [0.2, 0.25) is 0 Å². The van der Waals surface area contributed by atoms with Crippen molar-refractivity contribution in [2.45, 2.75) is 25.7 Å². The van der Waals surface area contributed by atoms with E-state index in [-0.39, 0.29) is 17.4 Å². The number of aromatic hydroxyl groups is 2. The molecule has 2 aromatic rings. The number of hydrogen-bond donors (Lipinski definition) is 2. The van der Waals surface area contributed by atoms with Crippen molar-refractivity contribution in [1.29, 1.82) is 0 Å². The normalized spacial score (nSPS) is 17.4. The van der Waals surface area contributed by atoms with Gasteiger partial charge in [0.2, 0.25) is 5.91 Å². The Labute approximate surface area is 136 Å². The van der Waals surface area contributed by atoms with Crippen molar-refractivity contribution in [2.24, 2.45) is 0 Å². The molecule has 1 atom stereocenters. The molecule has 120 valence electrons. The summed E-state index contributed by atoms with van der Waals surface area (Å²) in [5.41, 5.74) is 2.88. The lowest BCUT2D eigenvalue weighted by molar-refractivity contribution is -0.129. The number of phenols is 2. The van der Waals surface area contributed by atoms with Gasteiger partial charge in [0.25, 0.3) is 0 Å². The van der Waals surface area contributed by atoms with E-state index in [9.17, 15) is 15.0 Å². The molecule has 23 heavy (non-hydrogen) atoms. The molecule has 1 amide bonds. The second kappa shape index (κ2) is 6.32. The third-order valence-corrected chi connectivity index (χ3v) is 4.52. The molecule has 0 radical (unpaired) electrons. The first-order valence-corrected chi connectivity index (χ1v) is 7.88. The van der Waals surface area contributed by atoms with Crippen molar-refractivity contribution >= 4 is 5.91 Å². The van der Waals surface area contributed by atoms with Crippen molar-refractivity contribution in [3.63, 3.8) is 0 Å². The molecule has 1 aliphatic rings. The van der Waals surface area contributed by atoms with Crippen molar-refractivity contribution < 1.29 is 15.0 Å². The minimum atomic E-state index is 0.122. The molecule has 0 aliphatic carbocycles. The van der Waals surface area contributed by atoms with Crippen molar-refractivity contribution in [3.05, 3.63) is 59.2 Å². The second-order valence-corrected chi connectivity index (χ2v) is 6.21. The second-order valence-electron chi connectivity index (χ2n) is 6.21. The van der Waals surface area contributed by atoms with Crippen LogP contribution < -0.4 is 0 Å². The lowest BCUT2D eigenvalue weighted by atomic mass is 9.98. The van der Waals surface area contributed by atoms with Crippen LogP contribution in [0.3, 0.4) is 0 Å². The fraction of sp³-hybridized carbons (Fsp3) is 0.316. The van der Waals surface area contributed by atoms with Crippen molar-refractivity contribution in [3.8, 4) is 11.5 Å². The standard InChI is InChI=1S/C19H21NO3/c1-13-10-14(2-7-18(13)22)11-19(23)20-9-8-16(12-20)15-3-5-17(21)6-4-15/h2-7,10,16,21-22H,8-9,11-12H2,1H3. The lowest BCUT2D eigenvalue weighted by Gasteiger charge is -2.17. The zero-order valence-corrected chi connectivity index (χ0v) is 13.2. The lowest BCUT2D eigenvalue weighted by Crippen LogP contribution is -2.29. The Hall–Kier alpha value is -2.49. The smallest absolute Gasteiger partial charge is 0.227 e. The third-order valence-electron chi connectivity index (χ3n) is 4.52. The molecule has 2 aromatic carbocycles. The first kappa shape index (κ1) is 15.4. The maximum Gasteiger partial charge on any atom is 0.227 e. The van der Waals surface area contributed by atoms with Gasteiger partial charge in [-0.05, 0) is 48.2 Å². The molecule has 3 rings (SSSR count). The van der Waals surface area contributed by atoms with Crippen LogP contribution in [0.1, 0.15) is 29.0 Å². The molecular weight excluding hydrogens is 290 g/mol. The first-order valence-electron chi connectivity index (χ1n) is 7.88. The highest BCUT2D eigenvalue weighted by Crippen LogP contribution is 2.28. The Bertz CT molecular complexity index is 709. The van der Waals surface area contributed by atoms with E-state index in [1.807, 2.05) is 30.0 Å². The van der Waals surface area contributed by atoms with E-state index in [1.165, 1.54) is 5.56 Å². The molecule has 1 saturated heterocycles. The molecule has 4 heteroatoms. The Morgan fingerprint density at radius 2 is 1.91 bits per heavy atom. The van der Waals surface area contributed by atoms with Gasteiger partial charge in [-0.25, -0.2) is 0 Å². The molecular formula is C19H21NO3. The first-order chi connectivity index (χ1) is 11.0. The number of nitrogens with zero attached hydrogens (tertiary/aromatic N) is 1. The van der Waals surface area contributed by atoms with Crippen LogP contribution in [0.5, 0.6) is 11.5 Å². The summed E-state index contributed by atoms with van der Waals surface area (Å²) in [6.45, 7) is 3.32. The molecule has 1 fully saturated rings. The molecule has 0 aromatic heterocycles. The van der Waals surface area contributed by atoms with Gasteiger partial charge < -0.3 is 15.1 Å². The molecule has 4 nitrogen and oxygen atoms in total. The Morgan fingerprint density at radius 3 is 2.61 bits per heavy atom. The number of carbonyl (C=O) groups is 1. The predicted octanol–water partition coefficient (Wildman–Crippen LogP) is 2.96. The van der Waals surface area contributed by atoms with Crippen LogP contribution >= 0.6 is 0 Å². The molecule has 0 spiro atoms. The topological polar surface area (TPSA) is 60.8 Å². The van der Waals surface area contributed by atoms with E-state index in [0.717, 1.165) is 30.6 Å². The van der Waals surface area contributed by atoms with Gasteiger partial charge in [0.05, 0.1) is 6.42 Å². The number of benzene rings is 2. The Morgan fingerprint density at radius 1 is 1.17 bits per heavy atom. The summed E-state index contributed by atoms with van der Waals surface area (Å²) in [4.78, 5) is 14.4. The Balaban J connectivity index is 1.63. The average molecular weight is 311 g/mol. The van der Waals surface area contributed by atoms with Crippen LogP contribution in [0.15, 0.2) is 42.5 Å². The van der Waals surface area contributed by atoms with Gasteiger partial charge in [0.1, 0.15) is 11.5 Å². The van der Waals surface area contributed by atoms with Gasteiger partial charge in [-0.2, -0.15) is 0 Å². The van der Waals surface area contributed by atoms with Crippen LogP contribution in [-0.4, -0.2) is 34.1 Å². The monoisotopic (exact) mass is 311 g/mol. The fourth-order valence-electron chi connectivity index (χ4n) is 3.12. The third kappa shape index (κ3) is 3.47. The van der Waals surface area contributed by atoms with Crippen LogP contribution in [0, 0.1) is 6.92 Å². The number of rotatable bonds is 3. The molecule has 1 aliphatic heterocycles. The van der Waals surface area contributed by atoms with Gasteiger partial charge in [0, 0.05) is 19.0 Å². The maximum atomic E-state index is 12.5. The Kier molecular flexibility index (Phi) is 4.24. The highest BCUT2D eigenvalue weighted by Gasteiger charge is 2.27. The highest BCUT2D eigenvalue weighted by molar-refractivity contribution is 5.79. The van der Waals surface area contributed by atoms with Gasteiger partial charge in [-0.15, -0.1) is 0 Å². The number of amides is 1. The zero-order valence-electron chi connectivity index (χ0n) is 13.2. The SMILES string of the molecule is Cc1cc(CC(=O)N2CCC(c3ccc(O)cc3)C2)ccc1O. The number of carbonyl (C=O) groups excluding carboxylic acids is 1. The molecule has 1 heterocycles. The van der Waals surface area contributed by atoms with Crippen LogP contribution in [-0.2, 0) is 11.2 Å². The quantitative estimate of drug-likeness (QED) is 0.916. The minimum Gasteiger partial charge on any atom is -0.508 e. The molecule has 0 saturated carbocycles. The van der Waals surface area contributed by atoms with E-state index in [4.69, 9.17) is 0 Å². The number of likely N-dealkylation sites (tertiary alicyclic amines) is 1. The van der Waals surface area contributed by atoms with Crippen molar-refractivity contribution in [1.82, 2.24) is 4.90 Å². The zero-order chi connectivity index (χ0) is 16.4. The van der Waals surface area contributed by atoms with Crippen LogP contribution in [0.4, 0.5) is 0 Å². The minimum absolute atomic E-state index is 0.122. The van der Waals surface area contributed by atoms with E-state index in [0.29, 0.717) is 12.3 Å². The number of hydrogen-bond acceptors (Lipinski definition) is 3. The van der Waals surface area contributed by atoms with Gasteiger partial charge in [-0.3, -0.25) is 4.79 Å². The molecule has 0 bridgehead atoms. The van der Waals surface area contributed by atoms with Gasteiger partial charge in [0.15, 0.2) is 0 Å². The van der Waals surface area contributed by atoms with E-state index in [1.54, 1.807) is 24.3 Å². The van der Waals surface area contributed by atoms with E-state index < -0.39 is 0 Å². The maximum absolute atomic E-state index is 12.5. The van der Waals surface area contributed by atoms with Gasteiger partial charge >= 0.3 is 0 Å². The van der Waals surface area contributed by atoms with Crippen molar-refractivity contribution in [2.75, 3.05) is 13.1 Å². The largest absolute Gasteiger partial charge is 0.508 e. The fourth-order valence-corrected chi connectivity index (χ4v) is 3.12. The summed E-state index contributed by atoms with van der Waals surface area (Å²) < 4.78 is 0. The highest BCUT2D eigenvalue weighted by atomic mass is 16.3. The summed E-state index contributed by atoms with van der Waals surface area (Å²) in [5.74, 6) is 0.981. The number of phenolic OH excluding ortho intramolecular Hbond substituents is 2. The van der Waals surface area contributed by atoms with Crippen LogP contribution in [0.25, 0.3) is 0 Å². The summed E-state index contributed by atoms with van der Waals surface area (Å²) in [7, 11) is 0. The van der Waals surface area contributed by atoms with E-state index >= 15 is 0 Å². The summed E-state index contributed by atoms with van der Waals surface area (Å²) in [6, 6.07) is 12.5.